The maximum atomic E-state index is 9.63. The molecule has 0 unspecified atom stereocenters. The highest BCUT2D eigenvalue weighted by Gasteiger charge is 2.35. The lowest BCUT2D eigenvalue weighted by atomic mass is 10.0. The van der Waals surface area contributed by atoms with Crippen molar-refractivity contribution in [2.24, 2.45) is 0 Å². The summed E-state index contributed by atoms with van der Waals surface area (Å²) in [4.78, 5) is 4.33. The van der Waals surface area contributed by atoms with Crippen LogP contribution >= 0.6 is 0 Å². The van der Waals surface area contributed by atoms with Crippen LogP contribution in [0, 0.1) is 43.4 Å². The Balaban J connectivity index is 2.32. The molecule has 0 saturated heterocycles. The second-order valence-electron chi connectivity index (χ2n) is 6.45. The van der Waals surface area contributed by atoms with Gasteiger partial charge in [0.25, 0.3) is 0 Å². The van der Waals surface area contributed by atoms with Crippen molar-refractivity contribution in [3.05, 3.63) is 52.1 Å². The Morgan fingerprint density at radius 3 is 2.29 bits per heavy atom. The SMILES string of the molecule is Cc1cc(C)c(C)c(N2c3c(C#N)cc(C#N)cc3N(C)[C@@H]2C)c1. The summed E-state index contributed by atoms with van der Waals surface area (Å²) >= 11 is 0. The van der Waals surface area contributed by atoms with Gasteiger partial charge in [-0.05, 0) is 62.6 Å². The first-order valence-electron chi connectivity index (χ1n) is 7.97. The Kier molecular flexibility index (Phi) is 3.70. The Hall–Kier alpha value is -2.98. The van der Waals surface area contributed by atoms with Crippen LogP contribution in [0.4, 0.5) is 17.1 Å². The number of rotatable bonds is 1. The molecule has 120 valence electrons. The van der Waals surface area contributed by atoms with Gasteiger partial charge in [0.1, 0.15) is 12.2 Å². The number of aryl methyl sites for hydroxylation is 2. The number of nitrogens with zero attached hydrogens (tertiary/aromatic N) is 4. The summed E-state index contributed by atoms with van der Waals surface area (Å²) in [6.45, 7) is 8.43. The van der Waals surface area contributed by atoms with E-state index in [0.29, 0.717) is 11.1 Å². The molecule has 0 aliphatic carbocycles. The van der Waals surface area contributed by atoms with Gasteiger partial charge in [-0.15, -0.1) is 0 Å². The van der Waals surface area contributed by atoms with Crippen molar-refractivity contribution in [3.63, 3.8) is 0 Å². The lowest BCUT2D eigenvalue weighted by Crippen LogP contribution is -2.36. The second kappa shape index (κ2) is 5.58. The summed E-state index contributed by atoms with van der Waals surface area (Å²) < 4.78 is 0. The average molecular weight is 316 g/mol. The smallest absolute Gasteiger partial charge is 0.103 e. The molecule has 2 aromatic carbocycles. The first-order chi connectivity index (χ1) is 11.4. The number of hydrogen-bond acceptors (Lipinski definition) is 4. The van der Waals surface area contributed by atoms with E-state index in [9.17, 15) is 10.5 Å². The van der Waals surface area contributed by atoms with Gasteiger partial charge >= 0.3 is 0 Å². The van der Waals surface area contributed by atoms with Crippen molar-refractivity contribution in [2.45, 2.75) is 33.9 Å². The molecular formula is C20H20N4. The van der Waals surface area contributed by atoms with E-state index >= 15 is 0 Å². The van der Waals surface area contributed by atoms with Crippen LogP contribution < -0.4 is 9.80 Å². The Bertz CT molecular complexity index is 915. The lowest BCUT2D eigenvalue weighted by Gasteiger charge is -2.30. The van der Waals surface area contributed by atoms with Gasteiger partial charge in [-0.25, -0.2) is 0 Å². The zero-order chi connectivity index (χ0) is 17.6. The molecule has 0 N–H and O–H groups in total. The van der Waals surface area contributed by atoms with E-state index in [1.54, 1.807) is 6.07 Å². The van der Waals surface area contributed by atoms with Crippen LogP contribution in [-0.4, -0.2) is 13.2 Å². The molecule has 0 saturated carbocycles. The van der Waals surface area contributed by atoms with Crippen LogP contribution in [-0.2, 0) is 0 Å². The van der Waals surface area contributed by atoms with Crippen molar-refractivity contribution in [2.75, 3.05) is 16.8 Å². The molecule has 0 bridgehead atoms. The molecule has 0 radical (unpaired) electrons. The van der Waals surface area contributed by atoms with Crippen LogP contribution in [0.1, 0.15) is 34.7 Å². The maximum Gasteiger partial charge on any atom is 0.103 e. The fourth-order valence-electron chi connectivity index (χ4n) is 3.44. The fraction of sp³-hybridized carbons (Fsp3) is 0.300. The third-order valence-electron chi connectivity index (χ3n) is 4.94. The molecule has 2 aromatic rings. The van der Waals surface area contributed by atoms with Crippen LogP contribution in [0.3, 0.4) is 0 Å². The predicted octanol–water partition coefficient (Wildman–Crippen LogP) is 4.29. The minimum absolute atomic E-state index is 0.0703. The van der Waals surface area contributed by atoms with Gasteiger partial charge < -0.3 is 9.80 Å². The van der Waals surface area contributed by atoms with E-state index in [-0.39, 0.29) is 6.17 Å². The number of benzene rings is 2. The Labute approximate surface area is 143 Å². The molecule has 0 spiro atoms. The van der Waals surface area contributed by atoms with E-state index in [1.807, 2.05) is 13.1 Å². The van der Waals surface area contributed by atoms with Gasteiger partial charge in [-0.3, -0.25) is 0 Å². The summed E-state index contributed by atoms with van der Waals surface area (Å²) in [5.41, 5.74) is 7.64. The summed E-state index contributed by atoms with van der Waals surface area (Å²) in [6.07, 6.45) is 0.0703. The minimum Gasteiger partial charge on any atom is -0.352 e. The largest absolute Gasteiger partial charge is 0.352 e. The van der Waals surface area contributed by atoms with Crippen LogP contribution in [0.25, 0.3) is 0 Å². The molecular weight excluding hydrogens is 296 g/mol. The number of hydrogen-bond donors (Lipinski definition) is 0. The fourth-order valence-corrected chi connectivity index (χ4v) is 3.44. The van der Waals surface area contributed by atoms with Crippen molar-refractivity contribution in [1.82, 2.24) is 0 Å². The summed E-state index contributed by atoms with van der Waals surface area (Å²) in [6, 6.07) is 12.3. The van der Waals surface area contributed by atoms with E-state index in [4.69, 9.17) is 0 Å². The topological polar surface area (TPSA) is 54.1 Å². The quantitative estimate of drug-likeness (QED) is 0.787. The molecule has 1 heterocycles. The summed E-state index contributed by atoms with van der Waals surface area (Å²) in [5.74, 6) is 0. The van der Waals surface area contributed by atoms with Crippen molar-refractivity contribution < 1.29 is 0 Å². The third kappa shape index (κ3) is 2.20. The molecule has 4 heteroatoms. The van der Waals surface area contributed by atoms with E-state index < -0.39 is 0 Å². The van der Waals surface area contributed by atoms with Crippen molar-refractivity contribution >= 4 is 17.1 Å². The summed E-state index contributed by atoms with van der Waals surface area (Å²) in [7, 11) is 2.00. The molecule has 3 rings (SSSR count). The average Bonchev–Trinajstić information content (AvgIpc) is 2.81. The molecule has 4 nitrogen and oxygen atoms in total. The van der Waals surface area contributed by atoms with Gasteiger partial charge in [0, 0.05) is 12.7 Å². The monoisotopic (exact) mass is 316 g/mol. The normalized spacial score (nSPS) is 15.9. The highest BCUT2D eigenvalue weighted by Crippen LogP contribution is 2.47. The number of nitriles is 2. The van der Waals surface area contributed by atoms with Gasteiger partial charge in [-0.2, -0.15) is 10.5 Å². The Morgan fingerprint density at radius 1 is 0.958 bits per heavy atom. The van der Waals surface area contributed by atoms with Crippen LogP contribution in [0.15, 0.2) is 24.3 Å². The van der Waals surface area contributed by atoms with E-state index in [2.05, 4.69) is 61.8 Å². The van der Waals surface area contributed by atoms with Gasteiger partial charge in [0.2, 0.25) is 0 Å². The van der Waals surface area contributed by atoms with Crippen LogP contribution in [0.2, 0.25) is 0 Å². The van der Waals surface area contributed by atoms with Crippen LogP contribution in [0.5, 0.6) is 0 Å². The van der Waals surface area contributed by atoms with Gasteiger partial charge in [0.15, 0.2) is 0 Å². The molecule has 1 aliphatic rings. The third-order valence-corrected chi connectivity index (χ3v) is 4.94. The molecule has 0 aromatic heterocycles. The molecule has 0 amide bonds. The molecule has 24 heavy (non-hydrogen) atoms. The second-order valence-corrected chi connectivity index (χ2v) is 6.45. The van der Waals surface area contributed by atoms with Gasteiger partial charge in [0.05, 0.1) is 28.6 Å². The predicted molar refractivity (Wildman–Crippen MR) is 96.5 cm³/mol. The van der Waals surface area contributed by atoms with E-state index in [1.165, 1.54) is 16.7 Å². The molecule has 1 aliphatic heterocycles. The minimum atomic E-state index is 0.0703. The molecule has 0 fully saturated rings. The zero-order valence-electron chi connectivity index (χ0n) is 14.7. The summed E-state index contributed by atoms with van der Waals surface area (Å²) in [5, 5.41) is 18.9. The van der Waals surface area contributed by atoms with Crippen molar-refractivity contribution in [1.29, 1.82) is 10.5 Å². The number of fused-ring (bicyclic) bond motifs is 1. The Morgan fingerprint density at radius 2 is 1.67 bits per heavy atom. The van der Waals surface area contributed by atoms with E-state index in [0.717, 1.165) is 17.1 Å². The first-order valence-corrected chi connectivity index (χ1v) is 7.97. The van der Waals surface area contributed by atoms with Gasteiger partial charge in [-0.1, -0.05) is 6.07 Å². The number of anilines is 3. The maximum absolute atomic E-state index is 9.63. The first kappa shape index (κ1) is 15.9. The lowest BCUT2D eigenvalue weighted by molar-refractivity contribution is 0.732. The standard InChI is InChI=1S/C20H20N4/c1-12-6-13(2)14(3)18(7-12)24-15(4)23(5)19-9-16(10-21)8-17(11-22)20(19)24/h6-9,15H,1-5H3/t15-/m0/s1. The highest BCUT2D eigenvalue weighted by molar-refractivity contribution is 5.89. The molecule has 1 atom stereocenters. The zero-order valence-corrected chi connectivity index (χ0v) is 14.7. The van der Waals surface area contributed by atoms with Crippen molar-refractivity contribution in [3.8, 4) is 12.1 Å². The highest BCUT2D eigenvalue weighted by atomic mass is 15.4.